The maximum Gasteiger partial charge on any atom is 0.233 e. The van der Waals surface area contributed by atoms with Crippen molar-refractivity contribution in [2.75, 3.05) is 12.8 Å². The summed E-state index contributed by atoms with van der Waals surface area (Å²) < 4.78 is 2.75. The minimum atomic E-state index is 0.0131. The summed E-state index contributed by atoms with van der Waals surface area (Å²) in [6.45, 7) is 4.85. The van der Waals surface area contributed by atoms with Crippen LogP contribution >= 0.6 is 34.7 Å². The molecule has 33 heavy (non-hydrogen) atoms. The Balaban J connectivity index is 1.62. The highest BCUT2D eigenvalue weighted by molar-refractivity contribution is 7.99. The van der Waals surface area contributed by atoms with Gasteiger partial charge in [-0.25, -0.2) is 0 Å². The van der Waals surface area contributed by atoms with E-state index < -0.39 is 0 Å². The van der Waals surface area contributed by atoms with Crippen LogP contribution in [-0.2, 0) is 11.3 Å². The lowest BCUT2D eigenvalue weighted by Gasteiger charge is -2.18. The van der Waals surface area contributed by atoms with E-state index in [4.69, 9.17) is 11.6 Å². The summed E-state index contributed by atoms with van der Waals surface area (Å²) in [6.07, 6.45) is 3.51. The van der Waals surface area contributed by atoms with Gasteiger partial charge >= 0.3 is 0 Å². The highest BCUT2D eigenvalue weighted by Crippen LogP contribution is 2.32. The van der Waals surface area contributed by atoms with E-state index in [1.165, 1.54) is 28.7 Å². The van der Waals surface area contributed by atoms with E-state index in [9.17, 15) is 4.79 Å². The molecule has 0 saturated carbocycles. The quantitative estimate of drug-likeness (QED) is 0.283. The first-order chi connectivity index (χ1) is 15.9. The molecule has 1 amide bonds. The van der Waals surface area contributed by atoms with Gasteiger partial charge in [-0.1, -0.05) is 55.4 Å². The number of thioether (sulfide) groups is 1. The SMILES string of the molecule is CC(C)c1ccccc1-n1c(SCC(=O)N(C)Cc2ccc(Cl)s2)nnc1-c1cccnc1. The largest absolute Gasteiger partial charge is 0.340 e. The first-order valence-corrected chi connectivity index (χ1v) is 12.7. The number of nitrogens with zero attached hydrogens (tertiary/aromatic N) is 5. The zero-order valence-corrected chi connectivity index (χ0v) is 21.0. The standard InChI is InChI=1S/C24H24ClN5OS2/c1-16(2)19-8-4-5-9-20(19)30-23(17-7-6-12-26-13-17)27-28-24(30)32-15-22(31)29(3)14-18-10-11-21(25)33-18/h4-13,16H,14-15H2,1-3H3. The Kier molecular flexibility index (Phi) is 7.47. The molecule has 0 bridgehead atoms. The molecule has 0 aliphatic heterocycles. The number of aromatic nitrogens is 4. The maximum atomic E-state index is 12.8. The highest BCUT2D eigenvalue weighted by atomic mass is 35.5. The lowest BCUT2D eigenvalue weighted by Crippen LogP contribution is -2.27. The van der Waals surface area contributed by atoms with Crippen LogP contribution in [0.15, 0.2) is 66.1 Å². The van der Waals surface area contributed by atoms with E-state index in [-0.39, 0.29) is 11.7 Å². The molecule has 0 radical (unpaired) electrons. The molecule has 0 aliphatic rings. The molecule has 6 nitrogen and oxygen atoms in total. The minimum absolute atomic E-state index is 0.0131. The van der Waals surface area contributed by atoms with Crippen LogP contribution in [0, 0.1) is 0 Å². The summed E-state index contributed by atoms with van der Waals surface area (Å²) in [4.78, 5) is 19.8. The molecule has 0 unspecified atom stereocenters. The van der Waals surface area contributed by atoms with E-state index >= 15 is 0 Å². The second-order valence-corrected chi connectivity index (χ2v) is 10.6. The van der Waals surface area contributed by atoms with Gasteiger partial charge in [-0.2, -0.15) is 0 Å². The van der Waals surface area contributed by atoms with Crippen molar-refractivity contribution in [1.82, 2.24) is 24.6 Å². The van der Waals surface area contributed by atoms with Gasteiger partial charge in [0, 0.05) is 29.9 Å². The minimum Gasteiger partial charge on any atom is -0.340 e. The Morgan fingerprint density at radius 2 is 1.97 bits per heavy atom. The van der Waals surface area contributed by atoms with Crippen LogP contribution < -0.4 is 0 Å². The Morgan fingerprint density at radius 3 is 2.67 bits per heavy atom. The number of rotatable bonds is 8. The van der Waals surface area contributed by atoms with Crippen molar-refractivity contribution in [1.29, 1.82) is 0 Å². The van der Waals surface area contributed by atoms with Gasteiger partial charge < -0.3 is 4.90 Å². The third kappa shape index (κ3) is 5.46. The smallest absolute Gasteiger partial charge is 0.233 e. The van der Waals surface area contributed by atoms with E-state index in [0.29, 0.717) is 23.4 Å². The number of para-hydroxylation sites is 1. The summed E-state index contributed by atoms with van der Waals surface area (Å²) in [5.74, 6) is 1.28. The van der Waals surface area contributed by atoms with Gasteiger partial charge in [-0.15, -0.1) is 21.5 Å². The van der Waals surface area contributed by atoms with Crippen LogP contribution in [0.4, 0.5) is 0 Å². The summed E-state index contributed by atoms with van der Waals surface area (Å²) >= 11 is 8.89. The third-order valence-corrected chi connectivity index (χ3v) is 7.25. The number of thiophene rings is 1. The van der Waals surface area contributed by atoms with Crippen molar-refractivity contribution in [3.05, 3.63) is 75.7 Å². The molecular formula is C24H24ClN5OS2. The van der Waals surface area contributed by atoms with Crippen molar-refractivity contribution in [2.24, 2.45) is 0 Å². The van der Waals surface area contributed by atoms with Crippen LogP contribution in [0.5, 0.6) is 0 Å². The average molecular weight is 498 g/mol. The normalized spacial score (nSPS) is 11.2. The van der Waals surface area contributed by atoms with Crippen molar-refractivity contribution in [3.8, 4) is 17.1 Å². The molecule has 3 aromatic heterocycles. The number of carbonyl (C=O) groups is 1. The summed E-state index contributed by atoms with van der Waals surface area (Å²) in [7, 11) is 1.80. The van der Waals surface area contributed by atoms with Crippen molar-refractivity contribution in [3.63, 3.8) is 0 Å². The number of halogens is 1. The predicted octanol–water partition coefficient (Wildman–Crippen LogP) is 5.92. The monoisotopic (exact) mass is 497 g/mol. The van der Waals surface area contributed by atoms with Gasteiger partial charge in [0.15, 0.2) is 11.0 Å². The fourth-order valence-electron chi connectivity index (χ4n) is 3.44. The van der Waals surface area contributed by atoms with E-state index in [2.05, 4.69) is 41.2 Å². The molecule has 0 aliphatic carbocycles. The number of hydrogen-bond acceptors (Lipinski definition) is 6. The molecule has 1 aromatic carbocycles. The van der Waals surface area contributed by atoms with E-state index in [0.717, 1.165) is 20.5 Å². The van der Waals surface area contributed by atoms with Crippen LogP contribution in [-0.4, -0.2) is 43.4 Å². The first kappa shape index (κ1) is 23.5. The van der Waals surface area contributed by atoms with Gasteiger partial charge in [0.1, 0.15) is 0 Å². The number of carbonyl (C=O) groups excluding carboxylic acids is 1. The number of amides is 1. The average Bonchev–Trinajstić information content (AvgIpc) is 3.43. The summed E-state index contributed by atoms with van der Waals surface area (Å²) in [6, 6.07) is 15.9. The zero-order chi connectivity index (χ0) is 23.4. The zero-order valence-electron chi connectivity index (χ0n) is 18.6. The molecule has 0 fully saturated rings. The van der Waals surface area contributed by atoms with Crippen LogP contribution in [0.2, 0.25) is 4.34 Å². The van der Waals surface area contributed by atoms with Crippen molar-refractivity contribution < 1.29 is 4.79 Å². The van der Waals surface area contributed by atoms with E-state index in [1.807, 2.05) is 41.0 Å². The summed E-state index contributed by atoms with van der Waals surface area (Å²) in [5.41, 5.74) is 3.06. The summed E-state index contributed by atoms with van der Waals surface area (Å²) in [5, 5.41) is 9.59. The lowest BCUT2D eigenvalue weighted by atomic mass is 10.0. The second kappa shape index (κ2) is 10.5. The molecule has 4 aromatic rings. The molecule has 0 saturated heterocycles. The molecule has 0 spiro atoms. The van der Waals surface area contributed by atoms with Gasteiger partial charge in [0.05, 0.1) is 22.3 Å². The Labute approximate surface area is 206 Å². The molecule has 0 N–H and O–H groups in total. The number of pyridine rings is 1. The van der Waals surface area contributed by atoms with Gasteiger partial charge in [-0.05, 0) is 41.8 Å². The Hall–Kier alpha value is -2.68. The van der Waals surface area contributed by atoms with Crippen LogP contribution in [0.25, 0.3) is 17.1 Å². The number of benzene rings is 1. The van der Waals surface area contributed by atoms with Crippen molar-refractivity contribution >= 4 is 40.6 Å². The lowest BCUT2D eigenvalue weighted by molar-refractivity contribution is -0.127. The predicted molar refractivity (Wildman–Crippen MR) is 135 cm³/mol. The van der Waals surface area contributed by atoms with Gasteiger partial charge in [-0.3, -0.25) is 14.3 Å². The van der Waals surface area contributed by atoms with Crippen LogP contribution in [0.1, 0.15) is 30.2 Å². The van der Waals surface area contributed by atoms with E-state index in [1.54, 1.807) is 24.3 Å². The Morgan fingerprint density at radius 1 is 1.15 bits per heavy atom. The van der Waals surface area contributed by atoms with Gasteiger partial charge in [0.25, 0.3) is 0 Å². The second-order valence-electron chi connectivity index (χ2n) is 7.84. The molecule has 170 valence electrons. The number of hydrogen-bond donors (Lipinski definition) is 0. The third-order valence-electron chi connectivity index (χ3n) is 5.13. The van der Waals surface area contributed by atoms with Crippen LogP contribution in [0.3, 0.4) is 0 Å². The van der Waals surface area contributed by atoms with Gasteiger partial charge in [0.2, 0.25) is 5.91 Å². The molecule has 3 heterocycles. The fourth-order valence-corrected chi connectivity index (χ4v) is 5.46. The topological polar surface area (TPSA) is 63.9 Å². The Bertz CT molecular complexity index is 1240. The molecule has 4 rings (SSSR count). The molecule has 9 heteroatoms. The molecular weight excluding hydrogens is 474 g/mol. The fraction of sp³-hybridized carbons (Fsp3) is 0.250. The first-order valence-electron chi connectivity index (χ1n) is 10.5. The highest BCUT2D eigenvalue weighted by Gasteiger charge is 2.21. The maximum absolute atomic E-state index is 12.8. The molecule has 0 atom stereocenters. The van der Waals surface area contributed by atoms with Crippen molar-refractivity contribution in [2.45, 2.75) is 31.5 Å².